The average Bonchev–Trinajstić information content (AvgIpc) is 2.49. The monoisotopic (exact) mass is 312 g/mol. The van der Waals surface area contributed by atoms with Gasteiger partial charge in [0.25, 0.3) is 11.8 Å². The van der Waals surface area contributed by atoms with E-state index in [9.17, 15) is 13.6 Å². The van der Waals surface area contributed by atoms with Crippen LogP contribution < -0.4 is 10.5 Å². The van der Waals surface area contributed by atoms with Gasteiger partial charge in [-0.2, -0.15) is 0 Å². The fourth-order valence-corrected chi connectivity index (χ4v) is 2.37. The molecule has 1 fully saturated rings. The number of amides is 1. The number of rotatable bonds is 5. The normalized spacial score (nSPS) is 17.4. The standard InChI is InChI=1S/C16H22F2N2O2/c1-12-3-4-13(11-14(12)22-10-2-7-19)15(21)20-8-5-16(17,18)6-9-20/h3-4,11H,2,5-10,19H2,1H3. The van der Waals surface area contributed by atoms with Crippen molar-refractivity contribution < 1.29 is 18.3 Å². The zero-order chi connectivity index (χ0) is 16.2. The molecule has 122 valence electrons. The topological polar surface area (TPSA) is 55.6 Å². The van der Waals surface area contributed by atoms with Crippen LogP contribution in [0.25, 0.3) is 0 Å². The molecule has 1 heterocycles. The van der Waals surface area contributed by atoms with E-state index in [2.05, 4.69) is 0 Å². The Morgan fingerprint density at radius 2 is 2.05 bits per heavy atom. The second kappa shape index (κ2) is 7.05. The largest absolute Gasteiger partial charge is 0.493 e. The molecule has 0 radical (unpaired) electrons. The highest BCUT2D eigenvalue weighted by Crippen LogP contribution is 2.29. The van der Waals surface area contributed by atoms with E-state index in [-0.39, 0.29) is 31.8 Å². The second-order valence-corrected chi connectivity index (χ2v) is 5.62. The molecule has 0 bridgehead atoms. The van der Waals surface area contributed by atoms with E-state index in [4.69, 9.17) is 10.5 Å². The second-order valence-electron chi connectivity index (χ2n) is 5.62. The van der Waals surface area contributed by atoms with E-state index in [1.54, 1.807) is 12.1 Å². The summed E-state index contributed by atoms with van der Waals surface area (Å²) in [5.74, 6) is -2.23. The Morgan fingerprint density at radius 1 is 1.36 bits per heavy atom. The fourth-order valence-electron chi connectivity index (χ4n) is 2.37. The molecule has 6 heteroatoms. The van der Waals surface area contributed by atoms with Crippen molar-refractivity contribution in [2.75, 3.05) is 26.2 Å². The molecule has 0 aromatic heterocycles. The molecule has 1 saturated heterocycles. The summed E-state index contributed by atoms with van der Waals surface area (Å²) in [6.45, 7) is 3.10. The number of piperidine rings is 1. The van der Waals surface area contributed by atoms with E-state index < -0.39 is 5.92 Å². The molecule has 2 rings (SSSR count). The van der Waals surface area contributed by atoms with Gasteiger partial charge in [-0.05, 0) is 37.6 Å². The van der Waals surface area contributed by atoms with Crippen LogP contribution in [-0.4, -0.2) is 43.0 Å². The van der Waals surface area contributed by atoms with Crippen LogP contribution in [0.3, 0.4) is 0 Å². The third-order valence-electron chi connectivity index (χ3n) is 3.82. The molecule has 22 heavy (non-hydrogen) atoms. The predicted molar refractivity (Wildman–Crippen MR) is 80.4 cm³/mol. The first-order valence-electron chi connectivity index (χ1n) is 7.53. The third kappa shape index (κ3) is 4.16. The lowest BCUT2D eigenvalue weighted by Gasteiger charge is -2.31. The molecule has 4 nitrogen and oxygen atoms in total. The van der Waals surface area contributed by atoms with Gasteiger partial charge in [0.15, 0.2) is 0 Å². The van der Waals surface area contributed by atoms with Crippen molar-refractivity contribution in [2.45, 2.75) is 32.1 Å². The summed E-state index contributed by atoms with van der Waals surface area (Å²) in [7, 11) is 0. The van der Waals surface area contributed by atoms with Gasteiger partial charge in [-0.15, -0.1) is 0 Å². The quantitative estimate of drug-likeness (QED) is 0.850. The summed E-state index contributed by atoms with van der Waals surface area (Å²) in [6, 6.07) is 5.20. The Labute approximate surface area is 129 Å². The summed E-state index contributed by atoms with van der Waals surface area (Å²) in [4.78, 5) is 13.9. The van der Waals surface area contributed by atoms with E-state index in [0.717, 1.165) is 12.0 Å². The van der Waals surface area contributed by atoms with Crippen molar-refractivity contribution in [3.8, 4) is 5.75 Å². The molecule has 0 spiro atoms. The maximum Gasteiger partial charge on any atom is 0.253 e. The molecular weight excluding hydrogens is 290 g/mol. The first kappa shape index (κ1) is 16.7. The van der Waals surface area contributed by atoms with Crippen LogP contribution in [0.5, 0.6) is 5.75 Å². The predicted octanol–water partition coefficient (Wildman–Crippen LogP) is 2.59. The zero-order valence-electron chi connectivity index (χ0n) is 12.8. The minimum atomic E-state index is -2.65. The van der Waals surface area contributed by atoms with Gasteiger partial charge in [-0.25, -0.2) is 8.78 Å². The Balaban J connectivity index is 2.05. The molecule has 1 aliphatic rings. The summed E-state index contributed by atoms with van der Waals surface area (Å²) >= 11 is 0. The van der Waals surface area contributed by atoms with Gasteiger partial charge in [-0.3, -0.25) is 4.79 Å². The molecule has 2 N–H and O–H groups in total. The first-order chi connectivity index (χ1) is 10.4. The van der Waals surface area contributed by atoms with E-state index in [0.29, 0.717) is 24.5 Å². The number of nitrogens with zero attached hydrogens (tertiary/aromatic N) is 1. The molecule has 1 aromatic rings. The van der Waals surface area contributed by atoms with Crippen molar-refractivity contribution in [1.82, 2.24) is 4.90 Å². The van der Waals surface area contributed by atoms with Gasteiger partial charge in [0.05, 0.1) is 6.61 Å². The number of alkyl halides is 2. The Kier molecular flexibility index (Phi) is 5.34. The number of benzene rings is 1. The van der Waals surface area contributed by atoms with Gasteiger partial charge in [0.1, 0.15) is 5.75 Å². The van der Waals surface area contributed by atoms with Gasteiger partial charge < -0.3 is 15.4 Å². The third-order valence-corrected chi connectivity index (χ3v) is 3.82. The highest BCUT2D eigenvalue weighted by Gasteiger charge is 2.35. The fraction of sp³-hybridized carbons (Fsp3) is 0.562. The maximum atomic E-state index is 13.2. The Bertz CT molecular complexity index is 525. The SMILES string of the molecule is Cc1ccc(C(=O)N2CCC(F)(F)CC2)cc1OCCCN. The molecule has 1 amide bonds. The maximum absolute atomic E-state index is 13.2. The lowest BCUT2D eigenvalue weighted by atomic mass is 10.0. The van der Waals surface area contributed by atoms with E-state index in [1.165, 1.54) is 4.90 Å². The van der Waals surface area contributed by atoms with Crippen molar-refractivity contribution >= 4 is 5.91 Å². The summed E-state index contributed by atoms with van der Waals surface area (Å²) < 4.78 is 31.9. The Morgan fingerprint density at radius 3 is 2.68 bits per heavy atom. The zero-order valence-corrected chi connectivity index (χ0v) is 12.8. The van der Waals surface area contributed by atoms with Gasteiger partial charge in [0, 0.05) is 31.5 Å². The summed E-state index contributed by atoms with van der Waals surface area (Å²) in [5, 5.41) is 0. The van der Waals surface area contributed by atoms with Crippen molar-refractivity contribution in [2.24, 2.45) is 5.73 Å². The molecule has 1 aromatic carbocycles. The van der Waals surface area contributed by atoms with Crippen LogP contribution in [0, 0.1) is 6.92 Å². The van der Waals surface area contributed by atoms with Crippen molar-refractivity contribution in [3.05, 3.63) is 29.3 Å². The summed E-state index contributed by atoms with van der Waals surface area (Å²) in [5.41, 5.74) is 6.83. The minimum absolute atomic E-state index is 0.0864. The number of hydrogen-bond donors (Lipinski definition) is 1. The number of aryl methyl sites for hydroxylation is 1. The smallest absolute Gasteiger partial charge is 0.253 e. The number of halogens is 2. The first-order valence-corrected chi connectivity index (χ1v) is 7.53. The molecular formula is C16H22F2N2O2. The van der Waals surface area contributed by atoms with Gasteiger partial charge in [-0.1, -0.05) is 6.07 Å². The number of nitrogens with two attached hydrogens (primary N) is 1. The lowest BCUT2D eigenvalue weighted by molar-refractivity contribution is -0.0494. The highest BCUT2D eigenvalue weighted by molar-refractivity contribution is 5.94. The molecule has 1 aliphatic heterocycles. The van der Waals surface area contributed by atoms with Crippen LogP contribution in [0.2, 0.25) is 0 Å². The van der Waals surface area contributed by atoms with Crippen LogP contribution in [0.1, 0.15) is 35.2 Å². The molecule has 0 atom stereocenters. The number of likely N-dealkylation sites (tertiary alicyclic amines) is 1. The number of ether oxygens (including phenoxy) is 1. The minimum Gasteiger partial charge on any atom is -0.493 e. The van der Waals surface area contributed by atoms with Crippen molar-refractivity contribution in [3.63, 3.8) is 0 Å². The number of hydrogen-bond acceptors (Lipinski definition) is 3. The van der Waals surface area contributed by atoms with Crippen LogP contribution in [0.15, 0.2) is 18.2 Å². The number of carbonyl (C=O) groups is 1. The van der Waals surface area contributed by atoms with Gasteiger partial charge >= 0.3 is 0 Å². The molecule has 0 saturated carbocycles. The number of carbonyl (C=O) groups excluding carboxylic acids is 1. The lowest BCUT2D eigenvalue weighted by Crippen LogP contribution is -2.42. The van der Waals surface area contributed by atoms with Crippen LogP contribution in [-0.2, 0) is 0 Å². The van der Waals surface area contributed by atoms with E-state index >= 15 is 0 Å². The molecule has 0 unspecified atom stereocenters. The average molecular weight is 312 g/mol. The van der Waals surface area contributed by atoms with Crippen LogP contribution in [0.4, 0.5) is 8.78 Å². The Hall–Kier alpha value is -1.69. The molecule has 0 aliphatic carbocycles. The van der Waals surface area contributed by atoms with Gasteiger partial charge in [0.2, 0.25) is 0 Å². The van der Waals surface area contributed by atoms with Crippen molar-refractivity contribution in [1.29, 1.82) is 0 Å². The summed E-state index contributed by atoms with van der Waals surface area (Å²) in [6.07, 6.45) is 0.188. The van der Waals surface area contributed by atoms with E-state index in [1.807, 2.05) is 13.0 Å². The van der Waals surface area contributed by atoms with Crippen LogP contribution >= 0.6 is 0 Å². The highest BCUT2D eigenvalue weighted by atomic mass is 19.3.